The smallest absolute Gasteiger partial charge is 0.135 e. The largest absolute Gasteiger partial charge is 0.394 e. The summed E-state index contributed by atoms with van der Waals surface area (Å²) < 4.78 is 0. The minimum Gasteiger partial charge on any atom is -0.394 e. The zero-order chi connectivity index (χ0) is 15.0. The van der Waals surface area contributed by atoms with Gasteiger partial charge in [0.2, 0.25) is 0 Å². The molecule has 0 aliphatic rings. The van der Waals surface area contributed by atoms with Crippen LogP contribution in [0.4, 0.5) is 11.6 Å². The molecule has 0 amide bonds. The maximum atomic E-state index is 9.71. The summed E-state index contributed by atoms with van der Waals surface area (Å²) in [6, 6.07) is 0. The van der Waals surface area contributed by atoms with E-state index in [2.05, 4.69) is 48.3 Å². The van der Waals surface area contributed by atoms with Crippen molar-refractivity contribution < 1.29 is 5.11 Å². The lowest BCUT2D eigenvalue weighted by Gasteiger charge is -2.32. The van der Waals surface area contributed by atoms with Crippen molar-refractivity contribution in [1.29, 1.82) is 0 Å². The van der Waals surface area contributed by atoms with Gasteiger partial charge in [0.05, 0.1) is 12.1 Å². The van der Waals surface area contributed by atoms with Crippen molar-refractivity contribution in [2.45, 2.75) is 58.9 Å². The average molecular weight is 280 g/mol. The van der Waals surface area contributed by atoms with Crippen molar-refractivity contribution >= 4 is 11.6 Å². The molecule has 0 radical (unpaired) electrons. The number of nitrogens with zero attached hydrogens (tertiary/aromatic N) is 2. The molecule has 0 aromatic carbocycles. The Hall–Kier alpha value is -1.36. The third-order valence-electron chi connectivity index (χ3n) is 3.83. The predicted molar refractivity (Wildman–Crippen MR) is 84.2 cm³/mol. The van der Waals surface area contributed by atoms with Crippen LogP contribution in [0.15, 0.2) is 6.33 Å². The topological polar surface area (TPSA) is 70.1 Å². The van der Waals surface area contributed by atoms with Gasteiger partial charge in [-0.05, 0) is 26.2 Å². The van der Waals surface area contributed by atoms with Crippen LogP contribution in [0.5, 0.6) is 0 Å². The Morgan fingerprint density at radius 3 is 2.25 bits per heavy atom. The number of nitrogens with one attached hydrogen (secondary N) is 2. The van der Waals surface area contributed by atoms with Crippen LogP contribution < -0.4 is 10.6 Å². The number of aliphatic hydroxyl groups is 1. The third-order valence-corrected chi connectivity index (χ3v) is 3.83. The van der Waals surface area contributed by atoms with Gasteiger partial charge in [0.15, 0.2) is 0 Å². The van der Waals surface area contributed by atoms with E-state index < -0.39 is 0 Å². The van der Waals surface area contributed by atoms with E-state index in [1.54, 1.807) is 6.33 Å². The quantitative estimate of drug-likeness (QED) is 0.649. The molecule has 1 heterocycles. The Morgan fingerprint density at radius 2 is 1.75 bits per heavy atom. The lowest BCUT2D eigenvalue weighted by atomic mass is 9.93. The highest BCUT2D eigenvalue weighted by Crippen LogP contribution is 2.27. The lowest BCUT2D eigenvalue weighted by molar-refractivity contribution is 0.202. The number of aromatic nitrogens is 2. The van der Waals surface area contributed by atoms with Crippen molar-refractivity contribution in [1.82, 2.24) is 9.97 Å². The summed E-state index contributed by atoms with van der Waals surface area (Å²) in [5, 5.41) is 16.4. The van der Waals surface area contributed by atoms with Crippen LogP contribution in [0.3, 0.4) is 0 Å². The van der Waals surface area contributed by atoms with E-state index in [9.17, 15) is 5.11 Å². The molecule has 0 fully saturated rings. The van der Waals surface area contributed by atoms with E-state index in [-0.39, 0.29) is 12.1 Å². The normalized spacial score (nSPS) is 11.4. The zero-order valence-corrected chi connectivity index (χ0v) is 13.2. The van der Waals surface area contributed by atoms with E-state index in [0.717, 1.165) is 49.4 Å². The summed E-state index contributed by atoms with van der Waals surface area (Å²) in [6.45, 7) is 9.30. The molecule has 0 spiro atoms. The Morgan fingerprint density at radius 1 is 1.10 bits per heavy atom. The van der Waals surface area contributed by atoms with Gasteiger partial charge < -0.3 is 15.7 Å². The fourth-order valence-electron chi connectivity index (χ4n) is 2.27. The average Bonchev–Trinajstić information content (AvgIpc) is 2.48. The van der Waals surface area contributed by atoms with Crippen molar-refractivity contribution in [3.05, 3.63) is 11.9 Å². The molecule has 20 heavy (non-hydrogen) atoms. The second-order valence-electron chi connectivity index (χ2n) is 5.10. The Balaban J connectivity index is 3.12. The van der Waals surface area contributed by atoms with Gasteiger partial charge in [0.25, 0.3) is 0 Å². The van der Waals surface area contributed by atoms with Gasteiger partial charge in [-0.2, -0.15) is 0 Å². The summed E-state index contributed by atoms with van der Waals surface area (Å²) >= 11 is 0. The second kappa shape index (κ2) is 8.04. The molecule has 114 valence electrons. The molecule has 1 rings (SSSR count). The molecule has 0 unspecified atom stereocenters. The molecular weight excluding hydrogens is 252 g/mol. The van der Waals surface area contributed by atoms with Crippen molar-refractivity contribution in [3.63, 3.8) is 0 Å². The minimum atomic E-state index is -0.305. The molecule has 0 aliphatic heterocycles. The summed E-state index contributed by atoms with van der Waals surface area (Å²) in [6.07, 6.45) is 5.23. The number of hydrogen-bond acceptors (Lipinski definition) is 5. The maximum Gasteiger partial charge on any atom is 0.135 e. The fourth-order valence-corrected chi connectivity index (χ4v) is 2.27. The molecule has 3 N–H and O–H groups in total. The molecule has 0 aliphatic carbocycles. The molecule has 0 bridgehead atoms. The minimum absolute atomic E-state index is 0.103. The van der Waals surface area contributed by atoms with Crippen LogP contribution in [0.2, 0.25) is 0 Å². The summed E-state index contributed by atoms with van der Waals surface area (Å²) in [4.78, 5) is 8.73. The van der Waals surface area contributed by atoms with Gasteiger partial charge >= 0.3 is 0 Å². The summed E-state index contributed by atoms with van der Waals surface area (Å²) in [5.41, 5.74) is 0.803. The van der Waals surface area contributed by atoms with Crippen LogP contribution in [0, 0.1) is 0 Å². The zero-order valence-electron chi connectivity index (χ0n) is 13.2. The highest BCUT2D eigenvalue weighted by molar-refractivity contribution is 5.58. The summed E-state index contributed by atoms with van der Waals surface area (Å²) in [7, 11) is 0. The van der Waals surface area contributed by atoms with Gasteiger partial charge in [0.1, 0.15) is 18.0 Å². The van der Waals surface area contributed by atoms with E-state index in [4.69, 9.17) is 0 Å². The highest BCUT2D eigenvalue weighted by atomic mass is 16.3. The van der Waals surface area contributed by atoms with Gasteiger partial charge in [-0.3, -0.25) is 0 Å². The molecule has 0 saturated carbocycles. The van der Waals surface area contributed by atoms with Crippen LogP contribution in [0.1, 0.15) is 52.5 Å². The maximum absolute atomic E-state index is 9.71. The first-order valence-corrected chi connectivity index (χ1v) is 7.63. The molecule has 0 saturated heterocycles. The summed E-state index contributed by atoms with van der Waals surface area (Å²) in [5.74, 6) is 1.74. The fraction of sp³-hybridized carbons (Fsp3) is 0.733. The van der Waals surface area contributed by atoms with Crippen LogP contribution in [0.25, 0.3) is 0 Å². The molecule has 0 atom stereocenters. The predicted octanol–water partition coefficient (Wildman–Crippen LogP) is 2.82. The first kappa shape index (κ1) is 16.7. The van der Waals surface area contributed by atoms with E-state index in [1.165, 1.54) is 0 Å². The third kappa shape index (κ3) is 3.82. The number of aliphatic hydroxyl groups excluding tert-OH is 1. The van der Waals surface area contributed by atoms with Crippen molar-refractivity contribution in [3.8, 4) is 0 Å². The monoisotopic (exact) mass is 280 g/mol. The first-order valence-electron chi connectivity index (χ1n) is 7.63. The number of rotatable bonds is 9. The second-order valence-corrected chi connectivity index (χ2v) is 5.10. The number of hydrogen-bond donors (Lipinski definition) is 3. The van der Waals surface area contributed by atoms with Crippen LogP contribution in [-0.4, -0.2) is 33.8 Å². The lowest BCUT2D eigenvalue weighted by Crippen LogP contribution is -2.41. The first-order chi connectivity index (χ1) is 9.66. The standard InChI is InChI=1S/C15H28N4O/c1-5-9-12-13(16-8-4)17-11-18-14(12)19-15(6-2,7-3)10-20/h11,20H,5-10H2,1-4H3,(H2,16,17,18,19). The van der Waals surface area contributed by atoms with E-state index in [1.807, 2.05) is 0 Å². The van der Waals surface area contributed by atoms with E-state index >= 15 is 0 Å². The molecule has 1 aromatic rings. The van der Waals surface area contributed by atoms with Gasteiger partial charge in [0, 0.05) is 12.1 Å². The van der Waals surface area contributed by atoms with Gasteiger partial charge in [-0.15, -0.1) is 0 Å². The van der Waals surface area contributed by atoms with Crippen LogP contribution in [-0.2, 0) is 6.42 Å². The molecule has 1 aromatic heterocycles. The Kier molecular flexibility index (Phi) is 6.71. The molecule has 5 heteroatoms. The van der Waals surface area contributed by atoms with Crippen molar-refractivity contribution in [2.75, 3.05) is 23.8 Å². The van der Waals surface area contributed by atoms with Crippen LogP contribution >= 0.6 is 0 Å². The van der Waals surface area contributed by atoms with Crippen molar-refractivity contribution in [2.24, 2.45) is 0 Å². The highest BCUT2D eigenvalue weighted by Gasteiger charge is 2.26. The van der Waals surface area contributed by atoms with Gasteiger partial charge in [-0.25, -0.2) is 9.97 Å². The SMILES string of the molecule is CCCc1c(NCC)ncnc1NC(CC)(CC)CO. The molecule has 5 nitrogen and oxygen atoms in total. The number of anilines is 2. The Labute approximate surface area is 122 Å². The molecular formula is C15H28N4O. The van der Waals surface area contributed by atoms with E-state index in [0.29, 0.717) is 0 Å². The van der Waals surface area contributed by atoms with Gasteiger partial charge in [-0.1, -0.05) is 27.2 Å². The Bertz CT molecular complexity index is 397.